The van der Waals surface area contributed by atoms with Crippen LogP contribution in [0.1, 0.15) is 11.1 Å². The highest BCUT2D eigenvalue weighted by Gasteiger charge is 2.07. The van der Waals surface area contributed by atoms with Gasteiger partial charge in [0.05, 0.1) is 10.1 Å². The van der Waals surface area contributed by atoms with Gasteiger partial charge in [-0.3, -0.25) is 0 Å². The minimum absolute atomic E-state index is 0.141. The van der Waals surface area contributed by atoms with Crippen LogP contribution in [-0.2, 0) is 0 Å². The maximum absolute atomic E-state index is 9.93. The molecule has 1 N–H and O–H groups in total. The highest BCUT2D eigenvalue weighted by atomic mass is 16.7. The number of nitro groups is 1. The highest BCUT2D eigenvalue weighted by Crippen LogP contribution is 2.27. The number of benzene rings is 1. The summed E-state index contributed by atoms with van der Waals surface area (Å²) in [6.07, 6.45) is 0. The molecule has 0 unspecified atom stereocenters. The van der Waals surface area contributed by atoms with Crippen molar-refractivity contribution < 1.29 is 10.1 Å². The lowest BCUT2D eigenvalue weighted by atomic mass is 10.1. The molecule has 0 aromatic heterocycles. The first-order valence-electron chi connectivity index (χ1n) is 3.87. The summed E-state index contributed by atoms with van der Waals surface area (Å²) in [4.78, 5) is 9.93. The number of phenolic OH excluding ortho intramolecular Hbond substituents is 1. The monoisotopic (exact) mass is 195 g/mol. The predicted octanol–water partition coefficient (Wildman–Crippen LogP) is 2.28. The number of nitrogens with zero attached hydrogens (tertiary/aromatic N) is 3. The summed E-state index contributed by atoms with van der Waals surface area (Å²) in [6.45, 7) is 3.37. The smallest absolute Gasteiger partial charge is 0.207 e. The Morgan fingerprint density at radius 3 is 2.57 bits per heavy atom. The molecule has 0 aliphatic carbocycles. The van der Waals surface area contributed by atoms with Crippen molar-refractivity contribution in [2.24, 2.45) is 10.3 Å². The van der Waals surface area contributed by atoms with E-state index < -0.39 is 5.03 Å². The third kappa shape index (κ3) is 2.25. The molecule has 0 atom stereocenters. The molecule has 1 rings (SSSR count). The largest absolute Gasteiger partial charge is 0.508 e. The van der Waals surface area contributed by atoms with Gasteiger partial charge in [0.1, 0.15) is 5.75 Å². The van der Waals surface area contributed by atoms with Gasteiger partial charge in [0.15, 0.2) is 5.22 Å². The standard InChI is InChI=1S/C8H9N3O3/c1-5-4-8(12)6(2)3-7(5)9-10-11(13)14/h3-4,12H,1-2H3. The fourth-order valence-electron chi connectivity index (χ4n) is 0.978. The van der Waals surface area contributed by atoms with Gasteiger partial charge in [0.2, 0.25) is 5.69 Å². The van der Waals surface area contributed by atoms with Crippen LogP contribution >= 0.6 is 0 Å². The summed E-state index contributed by atoms with van der Waals surface area (Å²) in [5.74, 6) is 0.141. The lowest BCUT2D eigenvalue weighted by Crippen LogP contribution is -1.83. The lowest BCUT2D eigenvalue weighted by Gasteiger charge is -1.99. The van der Waals surface area contributed by atoms with Crippen LogP contribution < -0.4 is 0 Å². The SMILES string of the molecule is Cc1cc(N=N[N+](=O)[O-])c(C)cc1O. The van der Waals surface area contributed by atoms with E-state index in [4.69, 9.17) is 0 Å². The third-order valence-electron chi connectivity index (χ3n) is 1.74. The molecular formula is C8H9N3O3. The zero-order valence-corrected chi connectivity index (χ0v) is 7.76. The Labute approximate surface area is 80.0 Å². The molecule has 0 aliphatic heterocycles. The minimum atomic E-state index is -0.873. The van der Waals surface area contributed by atoms with Crippen LogP contribution in [0.4, 0.5) is 5.69 Å². The van der Waals surface area contributed by atoms with Crippen molar-refractivity contribution in [3.8, 4) is 5.75 Å². The molecule has 0 fully saturated rings. The lowest BCUT2D eigenvalue weighted by molar-refractivity contribution is -0.493. The molecule has 0 amide bonds. The van der Waals surface area contributed by atoms with Crippen molar-refractivity contribution in [2.75, 3.05) is 0 Å². The second-order valence-electron chi connectivity index (χ2n) is 2.85. The van der Waals surface area contributed by atoms with Gasteiger partial charge in [0, 0.05) is 5.56 Å². The molecule has 0 aliphatic rings. The Balaban J connectivity index is 3.10. The second-order valence-corrected chi connectivity index (χ2v) is 2.85. The number of hydrogen-bond acceptors (Lipinski definition) is 4. The fourth-order valence-corrected chi connectivity index (χ4v) is 0.978. The van der Waals surface area contributed by atoms with Crippen molar-refractivity contribution in [2.45, 2.75) is 13.8 Å². The summed E-state index contributed by atoms with van der Waals surface area (Å²) in [6, 6.07) is 3.03. The summed E-state index contributed by atoms with van der Waals surface area (Å²) < 4.78 is 0. The van der Waals surface area contributed by atoms with Gasteiger partial charge in [0.25, 0.3) is 0 Å². The van der Waals surface area contributed by atoms with E-state index in [0.29, 0.717) is 16.8 Å². The summed E-state index contributed by atoms with van der Waals surface area (Å²) >= 11 is 0. The number of aryl methyl sites for hydroxylation is 2. The number of phenols is 1. The number of hydrogen-bond donors (Lipinski definition) is 1. The molecule has 74 valence electrons. The molecule has 1 aromatic rings. The van der Waals surface area contributed by atoms with Gasteiger partial charge in [-0.25, -0.2) is 0 Å². The number of aromatic hydroxyl groups is 1. The summed E-state index contributed by atoms with van der Waals surface area (Å²) in [7, 11) is 0. The van der Waals surface area contributed by atoms with E-state index in [1.807, 2.05) is 0 Å². The van der Waals surface area contributed by atoms with Crippen LogP contribution in [0.15, 0.2) is 22.5 Å². The first-order valence-corrected chi connectivity index (χ1v) is 3.87. The van der Waals surface area contributed by atoms with E-state index in [2.05, 4.69) is 10.3 Å². The summed E-state index contributed by atoms with van der Waals surface area (Å²) in [5.41, 5.74) is 1.63. The van der Waals surface area contributed by atoms with E-state index in [9.17, 15) is 15.2 Å². The number of rotatable bonds is 2. The summed E-state index contributed by atoms with van der Waals surface area (Å²) in [5, 5.41) is 24.6. The maximum Gasteiger partial charge on any atom is 0.207 e. The molecule has 1 aromatic carbocycles. The Morgan fingerprint density at radius 1 is 1.36 bits per heavy atom. The van der Waals surface area contributed by atoms with Gasteiger partial charge < -0.3 is 15.2 Å². The van der Waals surface area contributed by atoms with Crippen LogP contribution in [0.5, 0.6) is 5.75 Å². The Morgan fingerprint density at radius 2 is 2.00 bits per heavy atom. The minimum Gasteiger partial charge on any atom is -0.508 e. The molecule has 14 heavy (non-hydrogen) atoms. The van der Waals surface area contributed by atoms with Crippen LogP contribution in [-0.4, -0.2) is 10.1 Å². The molecule has 0 saturated carbocycles. The highest BCUT2D eigenvalue weighted by molar-refractivity contribution is 5.52. The van der Waals surface area contributed by atoms with Crippen molar-refractivity contribution in [3.63, 3.8) is 0 Å². The molecule has 6 heteroatoms. The van der Waals surface area contributed by atoms with E-state index in [1.165, 1.54) is 12.1 Å². The van der Waals surface area contributed by atoms with E-state index >= 15 is 0 Å². The maximum atomic E-state index is 9.93. The second kappa shape index (κ2) is 3.82. The van der Waals surface area contributed by atoms with E-state index in [-0.39, 0.29) is 5.75 Å². The molecule has 0 heterocycles. The fraction of sp³-hybridized carbons (Fsp3) is 0.250. The van der Waals surface area contributed by atoms with Crippen molar-refractivity contribution in [1.29, 1.82) is 0 Å². The van der Waals surface area contributed by atoms with Crippen molar-refractivity contribution in [1.82, 2.24) is 0 Å². The first kappa shape index (κ1) is 10.1. The Kier molecular flexibility index (Phi) is 2.76. The van der Waals surface area contributed by atoms with Crippen molar-refractivity contribution >= 4 is 5.69 Å². The third-order valence-corrected chi connectivity index (χ3v) is 1.74. The molecule has 6 nitrogen and oxygen atoms in total. The van der Waals surface area contributed by atoms with Gasteiger partial charge >= 0.3 is 0 Å². The molecule has 0 bridgehead atoms. The molecule has 0 spiro atoms. The van der Waals surface area contributed by atoms with E-state index in [0.717, 1.165) is 0 Å². The zero-order valence-electron chi connectivity index (χ0n) is 7.76. The van der Waals surface area contributed by atoms with Gasteiger partial charge in [-0.15, -0.1) is 0 Å². The zero-order chi connectivity index (χ0) is 10.7. The topological polar surface area (TPSA) is 88.1 Å². The normalized spacial score (nSPS) is 10.7. The Hall–Kier alpha value is -1.98. The van der Waals surface area contributed by atoms with E-state index in [1.54, 1.807) is 13.8 Å². The average Bonchev–Trinajstić information content (AvgIpc) is 2.09. The van der Waals surface area contributed by atoms with Gasteiger partial charge in [-0.1, -0.05) is 0 Å². The van der Waals surface area contributed by atoms with Gasteiger partial charge in [-0.05, 0) is 31.5 Å². The average molecular weight is 195 g/mol. The van der Waals surface area contributed by atoms with Gasteiger partial charge in [-0.2, -0.15) is 0 Å². The van der Waals surface area contributed by atoms with Crippen LogP contribution in [0.3, 0.4) is 0 Å². The van der Waals surface area contributed by atoms with Crippen LogP contribution in [0, 0.1) is 24.0 Å². The first-order chi connectivity index (χ1) is 6.50. The Bertz CT molecular complexity index is 401. The van der Waals surface area contributed by atoms with Crippen LogP contribution in [0.25, 0.3) is 0 Å². The molecular weight excluding hydrogens is 186 g/mol. The molecule has 0 radical (unpaired) electrons. The quantitative estimate of drug-likeness (QED) is 0.446. The van der Waals surface area contributed by atoms with Crippen molar-refractivity contribution in [3.05, 3.63) is 33.4 Å². The van der Waals surface area contributed by atoms with Crippen LogP contribution in [0.2, 0.25) is 0 Å². The predicted molar refractivity (Wildman–Crippen MR) is 49.1 cm³/mol. The molecule has 0 saturated heterocycles.